The van der Waals surface area contributed by atoms with E-state index >= 15 is 0 Å². The van der Waals surface area contributed by atoms with E-state index in [4.69, 9.17) is 0 Å². The van der Waals surface area contributed by atoms with Gasteiger partial charge in [-0.1, -0.05) is 61.4 Å². The average molecular weight is 313 g/mol. The normalized spacial score (nSPS) is 13.1. The van der Waals surface area contributed by atoms with Crippen LogP contribution >= 0.6 is 0 Å². The summed E-state index contributed by atoms with van der Waals surface area (Å²) in [5.74, 6) is 0. The van der Waals surface area contributed by atoms with Crippen LogP contribution in [-0.2, 0) is 0 Å². The second-order valence-corrected chi connectivity index (χ2v) is 21.6. The highest BCUT2D eigenvalue weighted by Crippen LogP contribution is 2.28. The summed E-state index contributed by atoms with van der Waals surface area (Å²) in [5.41, 5.74) is 6.30. The number of aliphatic hydroxyl groups is 1. The lowest BCUT2D eigenvalue weighted by Crippen LogP contribution is -2.37. The van der Waals surface area contributed by atoms with Gasteiger partial charge in [0.25, 0.3) is 0 Å². The molecule has 0 saturated carbocycles. The van der Waals surface area contributed by atoms with E-state index in [1.807, 2.05) is 0 Å². The van der Waals surface area contributed by atoms with Gasteiger partial charge < -0.3 is 5.11 Å². The molecule has 19 heavy (non-hydrogen) atoms. The van der Waals surface area contributed by atoms with Crippen molar-refractivity contribution in [2.75, 3.05) is 6.23 Å². The summed E-state index contributed by atoms with van der Waals surface area (Å²) in [5, 5.41) is 9.41. The molecule has 0 amide bonds. The Bertz CT molecular complexity index is 300. The van der Waals surface area contributed by atoms with Crippen LogP contribution in [0, 0.1) is 0 Å². The molecule has 0 radical (unpaired) electrons. The first-order valence-electron chi connectivity index (χ1n) is 7.17. The molecule has 0 atom stereocenters. The second kappa shape index (κ2) is 7.57. The lowest BCUT2D eigenvalue weighted by atomic mass is 10.9. The van der Waals surface area contributed by atoms with Crippen LogP contribution in [0.1, 0.15) is 0 Å². The Labute approximate surface area is 123 Å². The molecule has 0 bridgehead atoms. The highest BCUT2D eigenvalue weighted by Gasteiger charge is 2.30. The SMILES string of the molecule is C=C[Si](C=C)(C=C)CC[Si](C)(C)CC[Si](C)(C)CO. The molecule has 0 aliphatic carbocycles. The molecule has 0 aromatic carbocycles. The summed E-state index contributed by atoms with van der Waals surface area (Å²) in [7, 11) is -4.14. The molecule has 1 nitrogen and oxygen atoms in total. The van der Waals surface area contributed by atoms with Crippen molar-refractivity contribution in [3.63, 3.8) is 0 Å². The minimum atomic E-state index is -1.62. The topological polar surface area (TPSA) is 20.2 Å². The Kier molecular flexibility index (Phi) is 7.50. The molecule has 0 unspecified atom stereocenters. The van der Waals surface area contributed by atoms with Crippen molar-refractivity contribution in [1.82, 2.24) is 0 Å². The molecule has 1 N–H and O–H groups in total. The van der Waals surface area contributed by atoms with Crippen LogP contribution in [0.4, 0.5) is 0 Å². The van der Waals surface area contributed by atoms with Crippen LogP contribution in [0.5, 0.6) is 0 Å². The Morgan fingerprint density at radius 2 is 1.11 bits per heavy atom. The minimum Gasteiger partial charge on any atom is -0.400 e. The van der Waals surface area contributed by atoms with E-state index in [1.54, 1.807) is 0 Å². The fraction of sp³-hybridized carbons (Fsp3) is 0.600. The maximum absolute atomic E-state index is 9.41. The molecule has 110 valence electrons. The van der Waals surface area contributed by atoms with Gasteiger partial charge in [-0.25, -0.2) is 0 Å². The molecule has 0 aliphatic heterocycles. The third-order valence-corrected chi connectivity index (χ3v) is 14.3. The van der Waals surface area contributed by atoms with E-state index in [9.17, 15) is 5.11 Å². The van der Waals surface area contributed by atoms with Crippen molar-refractivity contribution in [2.45, 2.75) is 50.4 Å². The van der Waals surface area contributed by atoms with Gasteiger partial charge in [0.2, 0.25) is 0 Å². The van der Waals surface area contributed by atoms with Crippen molar-refractivity contribution >= 4 is 24.2 Å². The first-order chi connectivity index (χ1) is 8.66. The predicted octanol–water partition coefficient (Wildman–Crippen LogP) is 4.56. The van der Waals surface area contributed by atoms with E-state index in [1.165, 1.54) is 24.2 Å². The Morgan fingerprint density at radius 3 is 1.47 bits per heavy atom. The van der Waals surface area contributed by atoms with Gasteiger partial charge in [0.1, 0.15) is 8.07 Å². The van der Waals surface area contributed by atoms with Gasteiger partial charge in [0.05, 0.1) is 8.07 Å². The molecule has 0 aromatic heterocycles. The third kappa shape index (κ3) is 6.70. The van der Waals surface area contributed by atoms with Gasteiger partial charge in [0, 0.05) is 14.3 Å². The monoisotopic (exact) mass is 312 g/mol. The molecule has 4 heteroatoms. The molecule has 0 aliphatic rings. The van der Waals surface area contributed by atoms with E-state index in [0.29, 0.717) is 6.23 Å². The van der Waals surface area contributed by atoms with Gasteiger partial charge in [-0.05, 0) is 6.04 Å². The van der Waals surface area contributed by atoms with E-state index < -0.39 is 24.2 Å². The molecule has 0 spiro atoms. The largest absolute Gasteiger partial charge is 0.400 e. The van der Waals surface area contributed by atoms with Crippen LogP contribution in [-0.4, -0.2) is 35.6 Å². The standard InChI is InChI=1S/C15H32OSi3/c1-8-19(9-2,10-3)14-13-17(4,5)11-12-18(6,7)15-16/h8-10,16H,1-3,11-15H2,4-7H3. The van der Waals surface area contributed by atoms with Crippen LogP contribution in [0.25, 0.3) is 0 Å². The molecule has 0 saturated heterocycles. The fourth-order valence-corrected chi connectivity index (χ4v) is 13.4. The molecule has 0 aromatic rings. The number of hydrogen-bond donors (Lipinski definition) is 1. The third-order valence-electron chi connectivity index (χ3n) is 4.28. The van der Waals surface area contributed by atoms with Crippen LogP contribution in [0.15, 0.2) is 36.8 Å². The van der Waals surface area contributed by atoms with Crippen molar-refractivity contribution in [3.05, 3.63) is 36.8 Å². The lowest BCUT2D eigenvalue weighted by molar-refractivity contribution is 0.358. The average Bonchev–Trinajstić information content (AvgIpc) is 2.39. The quantitative estimate of drug-likeness (QED) is 0.586. The minimum absolute atomic E-state index is 0.419. The second-order valence-electron chi connectivity index (χ2n) is 7.21. The van der Waals surface area contributed by atoms with Gasteiger partial charge in [-0.3, -0.25) is 0 Å². The number of aliphatic hydroxyl groups excluding tert-OH is 1. The Balaban J connectivity index is 4.49. The zero-order chi connectivity index (χ0) is 15.2. The lowest BCUT2D eigenvalue weighted by Gasteiger charge is -2.30. The predicted molar refractivity (Wildman–Crippen MR) is 97.6 cm³/mol. The summed E-state index contributed by atoms with van der Waals surface area (Å²) in [6.07, 6.45) is 0.419. The highest BCUT2D eigenvalue weighted by atomic mass is 28.3. The summed E-state index contributed by atoms with van der Waals surface area (Å²) in [4.78, 5) is 0. The molecule has 0 fully saturated rings. The first-order valence-corrected chi connectivity index (χ1v) is 16.4. The molecular formula is C15H32OSi3. The van der Waals surface area contributed by atoms with Crippen LogP contribution in [0.2, 0.25) is 50.4 Å². The zero-order valence-corrected chi connectivity index (χ0v) is 16.3. The summed E-state index contributed by atoms with van der Waals surface area (Å²) in [6.45, 7) is 21.5. The van der Waals surface area contributed by atoms with Gasteiger partial charge in [-0.15, -0.1) is 19.7 Å². The Morgan fingerprint density at radius 1 is 0.737 bits per heavy atom. The summed E-state index contributed by atoms with van der Waals surface area (Å²) in [6, 6.07) is 5.12. The van der Waals surface area contributed by atoms with E-state index in [2.05, 4.69) is 63.0 Å². The summed E-state index contributed by atoms with van der Waals surface area (Å²) >= 11 is 0. The van der Waals surface area contributed by atoms with Crippen LogP contribution in [0.3, 0.4) is 0 Å². The van der Waals surface area contributed by atoms with Crippen molar-refractivity contribution in [1.29, 1.82) is 0 Å². The summed E-state index contributed by atoms with van der Waals surface area (Å²) < 4.78 is 0. The fourth-order valence-electron chi connectivity index (χ4n) is 1.99. The van der Waals surface area contributed by atoms with Gasteiger partial charge in [-0.2, -0.15) is 0 Å². The maximum atomic E-state index is 9.41. The number of hydrogen-bond acceptors (Lipinski definition) is 1. The smallest absolute Gasteiger partial charge is 0.124 e. The van der Waals surface area contributed by atoms with Crippen LogP contribution < -0.4 is 0 Å². The molecule has 0 rings (SSSR count). The maximum Gasteiger partial charge on any atom is 0.124 e. The van der Waals surface area contributed by atoms with Crippen molar-refractivity contribution in [2.24, 2.45) is 0 Å². The van der Waals surface area contributed by atoms with Crippen molar-refractivity contribution < 1.29 is 5.11 Å². The van der Waals surface area contributed by atoms with Crippen molar-refractivity contribution in [3.8, 4) is 0 Å². The molecule has 0 heterocycles. The van der Waals surface area contributed by atoms with E-state index in [-0.39, 0.29) is 0 Å². The van der Waals surface area contributed by atoms with Gasteiger partial charge in [0.15, 0.2) is 0 Å². The van der Waals surface area contributed by atoms with Gasteiger partial charge >= 0.3 is 0 Å². The molecular weight excluding hydrogens is 280 g/mol. The van der Waals surface area contributed by atoms with E-state index in [0.717, 1.165) is 0 Å². The first kappa shape index (κ1) is 18.8. The highest BCUT2D eigenvalue weighted by molar-refractivity contribution is 6.94. The number of rotatable bonds is 10. The zero-order valence-electron chi connectivity index (χ0n) is 13.3. The Hall–Kier alpha value is -0.169.